The lowest BCUT2D eigenvalue weighted by atomic mass is 9.41. The fraction of sp³-hybridized carbons (Fsp3) is 0.944. The summed E-state index contributed by atoms with van der Waals surface area (Å²) in [6.07, 6.45) is 5.66. The molecule has 6 unspecified atom stereocenters. The van der Waals surface area contributed by atoms with E-state index in [4.69, 9.17) is 14.2 Å². The molecule has 9 heteroatoms. The minimum atomic E-state index is -1.26. The third kappa shape index (κ3) is 4.24. The predicted molar refractivity (Wildman–Crippen MR) is 168 cm³/mol. The molecule has 0 aromatic rings. The van der Waals surface area contributed by atoms with E-state index in [0.717, 1.165) is 45.2 Å². The summed E-state index contributed by atoms with van der Waals surface area (Å²) in [5.41, 5.74) is -1.32. The largest absolute Gasteiger partial charge is 0.457 e. The topological polar surface area (TPSA) is 126 Å². The highest BCUT2D eigenvalue weighted by Gasteiger charge is 2.84. The monoisotopic (exact) mass is 630 g/mol. The molecule has 0 radical (unpaired) electrons. The lowest BCUT2D eigenvalue weighted by molar-refractivity contribution is -0.216. The standard InChI is InChI=1S/C36H58N2O7/c1-19-15-22(29(32(5,6)42)43-20(2)39)44-27-26(19)33(7)13-14-36-18-35(36)12-11-25(45-30(41)38-21-16-37-17-21)31(3,4)23(35)9-10-24(36)34(33,8)28(27)40/h19,21-29,37,40,42H,9-18H2,1-8H3,(H,38,41)/t19-,22+,23+,24?,25?,26+,27-,28+,29?,33?,34-,35?,36?/m1/s1. The second-order valence-corrected chi connectivity index (χ2v) is 18.1. The molecule has 9 nitrogen and oxygen atoms in total. The molecule has 4 N–H and O–H groups in total. The van der Waals surface area contributed by atoms with Crippen molar-refractivity contribution in [1.29, 1.82) is 0 Å². The van der Waals surface area contributed by atoms with Gasteiger partial charge in [-0.2, -0.15) is 0 Å². The lowest BCUT2D eigenvalue weighted by Crippen LogP contribution is -2.60. The minimum absolute atomic E-state index is 0.0794. The summed E-state index contributed by atoms with van der Waals surface area (Å²) < 4.78 is 18.6. The van der Waals surface area contributed by atoms with Gasteiger partial charge in [0.05, 0.1) is 30.0 Å². The van der Waals surface area contributed by atoms with Gasteiger partial charge in [-0.1, -0.05) is 34.6 Å². The van der Waals surface area contributed by atoms with Crippen molar-refractivity contribution < 1.29 is 34.0 Å². The molecule has 2 aliphatic heterocycles. The van der Waals surface area contributed by atoms with Gasteiger partial charge in [-0.25, -0.2) is 4.79 Å². The Labute approximate surface area is 269 Å². The fourth-order valence-corrected chi connectivity index (χ4v) is 13.3. The first-order valence-electron chi connectivity index (χ1n) is 17.8. The van der Waals surface area contributed by atoms with Gasteiger partial charge in [0, 0.05) is 30.8 Å². The predicted octanol–water partition coefficient (Wildman–Crippen LogP) is 4.57. The second kappa shape index (κ2) is 10.1. The van der Waals surface area contributed by atoms with Crippen LogP contribution in [0.25, 0.3) is 0 Å². The van der Waals surface area contributed by atoms with Gasteiger partial charge in [0.25, 0.3) is 0 Å². The summed E-state index contributed by atoms with van der Waals surface area (Å²) in [4.78, 5) is 24.8. The maximum atomic E-state index is 12.8. The quantitative estimate of drug-likeness (QED) is 0.326. The van der Waals surface area contributed by atoms with Crippen LogP contribution in [0.15, 0.2) is 0 Å². The molecule has 2 heterocycles. The van der Waals surface area contributed by atoms with Crippen molar-refractivity contribution in [3.63, 3.8) is 0 Å². The molecule has 0 aromatic heterocycles. The normalized spacial score (nSPS) is 50.4. The van der Waals surface area contributed by atoms with E-state index in [9.17, 15) is 19.8 Å². The zero-order valence-corrected chi connectivity index (χ0v) is 28.8. The van der Waals surface area contributed by atoms with Crippen molar-refractivity contribution in [1.82, 2.24) is 10.6 Å². The van der Waals surface area contributed by atoms with E-state index in [1.165, 1.54) is 19.8 Å². The van der Waals surface area contributed by atoms with E-state index in [1.807, 2.05) is 0 Å². The summed E-state index contributed by atoms with van der Waals surface area (Å²) in [5.74, 6) is 0.904. The van der Waals surface area contributed by atoms with Crippen molar-refractivity contribution in [2.45, 2.75) is 149 Å². The third-order valence-electron chi connectivity index (χ3n) is 15.4. The molecule has 0 bridgehead atoms. The van der Waals surface area contributed by atoms with E-state index in [2.05, 4.69) is 45.3 Å². The molecule has 0 aromatic carbocycles. The molecule has 7 rings (SSSR count). The van der Waals surface area contributed by atoms with Gasteiger partial charge < -0.3 is 35.1 Å². The number of hydrogen-bond donors (Lipinski definition) is 4. The van der Waals surface area contributed by atoms with Crippen LogP contribution in [0.3, 0.4) is 0 Å². The summed E-state index contributed by atoms with van der Waals surface area (Å²) >= 11 is 0. The van der Waals surface area contributed by atoms with Crippen LogP contribution < -0.4 is 10.6 Å². The molecular formula is C36H58N2O7. The van der Waals surface area contributed by atoms with Gasteiger partial charge >= 0.3 is 12.1 Å². The Kier molecular flexibility index (Phi) is 7.18. The van der Waals surface area contributed by atoms with Gasteiger partial charge in [0.15, 0.2) is 6.10 Å². The summed E-state index contributed by atoms with van der Waals surface area (Å²) in [6.45, 7) is 18.1. The molecule has 45 heavy (non-hydrogen) atoms. The number of carbonyl (C=O) groups excluding carboxylic acids is 2. The van der Waals surface area contributed by atoms with E-state index in [-0.39, 0.29) is 63.3 Å². The number of nitrogens with one attached hydrogen (secondary N) is 2. The number of alkyl carbamates (subject to hydrolysis) is 1. The average molecular weight is 631 g/mol. The first kappa shape index (κ1) is 32.1. The van der Waals surface area contributed by atoms with Crippen LogP contribution in [-0.4, -0.2) is 77.5 Å². The molecular weight excluding hydrogens is 572 g/mol. The Hall–Kier alpha value is -1.42. The first-order chi connectivity index (χ1) is 20.9. The Balaban J connectivity index is 1.14. The van der Waals surface area contributed by atoms with Crippen LogP contribution in [0.5, 0.6) is 0 Å². The number of aliphatic hydroxyl groups excluding tert-OH is 1. The minimum Gasteiger partial charge on any atom is -0.457 e. The van der Waals surface area contributed by atoms with E-state index in [1.54, 1.807) is 13.8 Å². The van der Waals surface area contributed by atoms with Gasteiger partial charge in [-0.15, -0.1) is 0 Å². The molecule has 13 atom stereocenters. The number of esters is 1. The van der Waals surface area contributed by atoms with Crippen LogP contribution in [0.2, 0.25) is 0 Å². The first-order valence-corrected chi connectivity index (χ1v) is 17.8. The van der Waals surface area contributed by atoms with Crippen molar-refractivity contribution in [2.24, 2.45) is 50.7 Å². The molecule has 5 saturated carbocycles. The number of fused-ring (bicyclic) bond motifs is 4. The second-order valence-electron chi connectivity index (χ2n) is 18.1. The van der Waals surface area contributed by atoms with Gasteiger partial charge in [0.1, 0.15) is 6.10 Å². The maximum absolute atomic E-state index is 12.8. The SMILES string of the molecule is CC(=O)OC([C@@H]1C[C@@H](C)[C@H]2[C@@H](O1)[C@H](O)[C@@]1(C)C3CC[C@H]4C(C)(C)C(OC(=O)NC5CNC5)CCC45CC35CCC21C)C(C)(C)O. The fourth-order valence-electron chi connectivity index (χ4n) is 13.3. The van der Waals surface area contributed by atoms with Crippen LogP contribution in [0.1, 0.15) is 107 Å². The van der Waals surface area contributed by atoms with E-state index in [0.29, 0.717) is 18.3 Å². The number of aliphatic hydroxyl groups is 2. The third-order valence-corrected chi connectivity index (χ3v) is 15.4. The van der Waals surface area contributed by atoms with Gasteiger partial charge in [-0.3, -0.25) is 4.79 Å². The van der Waals surface area contributed by atoms with Crippen LogP contribution >= 0.6 is 0 Å². The molecule has 1 amide bonds. The van der Waals surface area contributed by atoms with Gasteiger partial charge in [0.2, 0.25) is 0 Å². The molecule has 5 aliphatic carbocycles. The van der Waals surface area contributed by atoms with E-state index < -0.39 is 29.9 Å². The maximum Gasteiger partial charge on any atom is 0.407 e. The number of hydrogen-bond acceptors (Lipinski definition) is 8. The summed E-state index contributed by atoms with van der Waals surface area (Å²) in [6, 6.07) is 0.168. The van der Waals surface area contributed by atoms with Crippen LogP contribution in [0, 0.1) is 50.7 Å². The molecule has 2 spiro atoms. The average Bonchev–Trinajstić information content (AvgIpc) is 3.55. The Bertz CT molecular complexity index is 1230. The highest BCUT2D eigenvalue weighted by Crippen LogP contribution is 2.89. The van der Waals surface area contributed by atoms with Crippen LogP contribution in [0.4, 0.5) is 4.79 Å². The van der Waals surface area contributed by atoms with Crippen molar-refractivity contribution in [3.8, 4) is 0 Å². The zero-order chi connectivity index (χ0) is 32.5. The molecule has 2 saturated heterocycles. The highest BCUT2D eigenvalue weighted by molar-refractivity contribution is 5.68. The lowest BCUT2D eigenvalue weighted by Gasteiger charge is -2.63. The highest BCUT2D eigenvalue weighted by atomic mass is 16.6. The summed E-state index contributed by atoms with van der Waals surface area (Å²) in [5, 5.41) is 29.7. The zero-order valence-electron chi connectivity index (χ0n) is 28.8. The Morgan fingerprint density at radius 1 is 1.02 bits per heavy atom. The summed E-state index contributed by atoms with van der Waals surface area (Å²) in [7, 11) is 0. The van der Waals surface area contributed by atoms with Crippen molar-refractivity contribution in [2.75, 3.05) is 13.1 Å². The van der Waals surface area contributed by atoms with Gasteiger partial charge in [-0.05, 0) is 105 Å². The molecule has 7 aliphatic rings. The van der Waals surface area contributed by atoms with Crippen LogP contribution in [-0.2, 0) is 19.0 Å². The van der Waals surface area contributed by atoms with Crippen molar-refractivity contribution in [3.05, 3.63) is 0 Å². The number of carbonyl (C=O) groups is 2. The Morgan fingerprint density at radius 3 is 2.31 bits per heavy atom. The Morgan fingerprint density at radius 2 is 1.69 bits per heavy atom. The molecule has 254 valence electrons. The number of rotatable bonds is 5. The molecule has 7 fully saturated rings. The van der Waals surface area contributed by atoms with Crippen molar-refractivity contribution >= 4 is 12.1 Å². The van der Waals surface area contributed by atoms with E-state index >= 15 is 0 Å². The smallest absolute Gasteiger partial charge is 0.407 e. The number of amides is 1. The number of ether oxygens (including phenoxy) is 3.